The summed E-state index contributed by atoms with van der Waals surface area (Å²) < 4.78 is 0. The highest BCUT2D eigenvalue weighted by Gasteiger charge is 2.50. The number of aromatic nitrogens is 1. The van der Waals surface area contributed by atoms with Crippen LogP contribution in [0.25, 0.3) is 0 Å². The SMILES string of the molecule is Nc1nc(C23CC4CCC(CC(C4)C2)C3)cs1. The molecule has 4 saturated carbocycles. The maximum Gasteiger partial charge on any atom is 0.180 e. The second kappa shape index (κ2) is 3.47. The number of rotatable bonds is 1. The number of nitrogens with two attached hydrogens (primary N) is 1. The van der Waals surface area contributed by atoms with E-state index in [-0.39, 0.29) is 0 Å². The predicted octanol–water partition coefficient (Wildman–Crippen LogP) is 3.58. The van der Waals surface area contributed by atoms with Crippen molar-refractivity contribution in [1.82, 2.24) is 4.98 Å². The molecule has 0 saturated heterocycles. The highest BCUT2D eigenvalue weighted by molar-refractivity contribution is 7.13. The molecule has 1 heterocycles. The van der Waals surface area contributed by atoms with Gasteiger partial charge in [0.25, 0.3) is 0 Å². The van der Waals surface area contributed by atoms with Gasteiger partial charge >= 0.3 is 0 Å². The van der Waals surface area contributed by atoms with E-state index in [1.54, 1.807) is 11.3 Å². The number of nitrogen functional groups attached to an aromatic ring is 1. The lowest BCUT2D eigenvalue weighted by Crippen LogP contribution is -2.41. The largest absolute Gasteiger partial charge is 0.375 e. The van der Waals surface area contributed by atoms with Crippen LogP contribution < -0.4 is 5.73 Å². The fourth-order valence-corrected chi connectivity index (χ4v) is 5.72. The third-order valence-corrected chi connectivity index (χ3v) is 6.09. The van der Waals surface area contributed by atoms with E-state index in [1.165, 1.54) is 50.6 Å². The van der Waals surface area contributed by atoms with Gasteiger partial charge < -0.3 is 5.73 Å². The standard InChI is InChI=1S/C14H20N2S/c15-13-16-12(8-17-13)14-5-9-1-2-10(6-14)4-11(3-9)7-14/h8-11H,1-7H2,(H2,15,16). The minimum Gasteiger partial charge on any atom is -0.375 e. The molecule has 4 bridgehead atoms. The highest BCUT2D eigenvalue weighted by atomic mass is 32.1. The van der Waals surface area contributed by atoms with Gasteiger partial charge in [-0.05, 0) is 49.9 Å². The van der Waals surface area contributed by atoms with Crippen molar-refractivity contribution in [2.75, 3.05) is 5.73 Å². The molecule has 2 nitrogen and oxygen atoms in total. The Kier molecular flexibility index (Phi) is 2.11. The van der Waals surface area contributed by atoms with Crippen LogP contribution in [0.2, 0.25) is 0 Å². The molecule has 1 aromatic rings. The summed E-state index contributed by atoms with van der Waals surface area (Å²) in [6, 6.07) is 0. The molecule has 3 heteroatoms. The third kappa shape index (κ3) is 1.55. The summed E-state index contributed by atoms with van der Waals surface area (Å²) in [6.45, 7) is 0. The van der Waals surface area contributed by atoms with E-state index in [9.17, 15) is 0 Å². The van der Waals surface area contributed by atoms with Crippen molar-refractivity contribution in [2.45, 2.75) is 50.4 Å². The van der Waals surface area contributed by atoms with Crippen LogP contribution in [0.15, 0.2) is 5.38 Å². The molecule has 2 N–H and O–H groups in total. The van der Waals surface area contributed by atoms with E-state index in [0.717, 1.165) is 22.9 Å². The van der Waals surface area contributed by atoms with Crippen LogP contribution in [0.3, 0.4) is 0 Å². The molecule has 0 aliphatic heterocycles. The first-order valence-corrected chi connectivity index (χ1v) is 7.83. The minimum absolute atomic E-state index is 0.418. The molecule has 2 unspecified atom stereocenters. The molecule has 4 fully saturated rings. The molecular weight excluding hydrogens is 228 g/mol. The maximum atomic E-state index is 5.84. The minimum atomic E-state index is 0.418. The Morgan fingerprint density at radius 2 is 1.76 bits per heavy atom. The first kappa shape index (κ1) is 10.4. The molecule has 1 aromatic heterocycles. The number of anilines is 1. The zero-order valence-corrected chi connectivity index (χ0v) is 11.0. The molecule has 0 amide bonds. The molecule has 2 atom stereocenters. The lowest BCUT2D eigenvalue weighted by molar-refractivity contribution is 0.0958. The normalized spacial score (nSPS) is 43.9. The van der Waals surface area contributed by atoms with Crippen LogP contribution in [-0.2, 0) is 5.41 Å². The van der Waals surface area contributed by atoms with Crippen molar-refractivity contribution in [3.8, 4) is 0 Å². The third-order valence-electron chi connectivity index (χ3n) is 5.42. The second-order valence-electron chi connectivity index (χ2n) is 6.61. The van der Waals surface area contributed by atoms with Gasteiger partial charge in [0.15, 0.2) is 5.13 Å². The van der Waals surface area contributed by atoms with Gasteiger partial charge in [0.2, 0.25) is 0 Å². The molecule has 0 radical (unpaired) electrons. The number of fused-ring (bicyclic) bond motifs is 1. The van der Waals surface area contributed by atoms with E-state index in [2.05, 4.69) is 10.4 Å². The number of hydrogen-bond donors (Lipinski definition) is 1. The summed E-state index contributed by atoms with van der Waals surface area (Å²) in [5.41, 5.74) is 7.60. The van der Waals surface area contributed by atoms with E-state index >= 15 is 0 Å². The number of thiazole rings is 1. The van der Waals surface area contributed by atoms with Crippen molar-refractivity contribution >= 4 is 16.5 Å². The van der Waals surface area contributed by atoms with E-state index in [1.807, 2.05) is 0 Å². The lowest BCUT2D eigenvalue weighted by atomic mass is 9.57. The van der Waals surface area contributed by atoms with E-state index in [0.29, 0.717) is 5.41 Å². The van der Waals surface area contributed by atoms with Crippen molar-refractivity contribution < 1.29 is 0 Å². The van der Waals surface area contributed by atoms with Crippen LogP contribution in [0.4, 0.5) is 5.13 Å². The first-order chi connectivity index (χ1) is 8.23. The van der Waals surface area contributed by atoms with Crippen LogP contribution in [0, 0.1) is 17.8 Å². The Balaban J connectivity index is 1.77. The first-order valence-electron chi connectivity index (χ1n) is 6.95. The van der Waals surface area contributed by atoms with Crippen molar-refractivity contribution in [3.63, 3.8) is 0 Å². The fourth-order valence-electron chi connectivity index (χ4n) is 5.04. The van der Waals surface area contributed by atoms with Crippen molar-refractivity contribution in [2.24, 2.45) is 17.8 Å². The Bertz CT molecular complexity index is 423. The van der Waals surface area contributed by atoms with Crippen LogP contribution >= 0.6 is 11.3 Å². The van der Waals surface area contributed by atoms with Crippen LogP contribution in [0.1, 0.15) is 50.6 Å². The van der Waals surface area contributed by atoms with Gasteiger partial charge in [-0.25, -0.2) is 4.98 Å². The smallest absolute Gasteiger partial charge is 0.180 e. The van der Waals surface area contributed by atoms with Gasteiger partial charge in [-0.2, -0.15) is 0 Å². The van der Waals surface area contributed by atoms with E-state index < -0.39 is 0 Å². The Hall–Kier alpha value is -0.570. The van der Waals surface area contributed by atoms with Gasteiger partial charge in [-0.3, -0.25) is 0 Å². The Morgan fingerprint density at radius 3 is 2.35 bits per heavy atom. The molecular formula is C14H20N2S. The van der Waals surface area contributed by atoms with Crippen molar-refractivity contribution in [3.05, 3.63) is 11.1 Å². The van der Waals surface area contributed by atoms with Gasteiger partial charge in [-0.15, -0.1) is 11.3 Å². The van der Waals surface area contributed by atoms with E-state index in [4.69, 9.17) is 5.73 Å². The number of nitrogens with zero attached hydrogens (tertiary/aromatic N) is 1. The Labute approximate surface area is 107 Å². The predicted molar refractivity (Wildman–Crippen MR) is 71.0 cm³/mol. The summed E-state index contributed by atoms with van der Waals surface area (Å²) in [4.78, 5) is 4.64. The van der Waals surface area contributed by atoms with Gasteiger partial charge in [0.1, 0.15) is 0 Å². The lowest BCUT2D eigenvalue weighted by Gasteiger charge is -2.47. The Morgan fingerprint density at radius 1 is 1.12 bits per heavy atom. The maximum absolute atomic E-state index is 5.84. The second-order valence-corrected chi connectivity index (χ2v) is 7.50. The van der Waals surface area contributed by atoms with Crippen LogP contribution in [-0.4, -0.2) is 4.98 Å². The summed E-state index contributed by atoms with van der Waals surface area (Å²) in [5, 5.41) is 3.00. The summed E-state index contributed by atoms with van der Waals surface area (Å²) >= 11 is 1.63. The monoisotopic (exact) mass is 248 g/mol. The van der Waals surface area contributed by atoms with Gasteiger partial charge in [-0.1, -0.05) is 12.8 Å². The molecule has 17 heavy (non-hydrogen) atoms. The van der Waals surface area contributed by atoms with Gasteiger partial charge in [0.05, 0.1) is 5.69 Å². The molecule has 0 spiro atoms. The zero-order chi connectivity index (χ0) is 11.5. The molecule has 4 aliphatic carbocycles. The molecule has 4 aliphatic rings. The summed E-state index contributed by atoms with van der Waals surface area (Å²) in [6.07, 6.45) is 10.1. The summed E-state index contributed by atoms with van der Waals surface area (Å²) in [7, 11) is 0. The van der Waals surface area contributed by atoms with Crippen LogP contribution in [0.5, 0.6) is 0 Å². The molecule has 5 rings (SSSR count). The average Bonchev–Trinajstić information content (AvgIpc) is 2.62. The van der Waals surface area contributed by atoms with Crippen molar-refractivity contribution in [1.29, 1.82) is 0 Å². The molecule has 92 valence electrons. The number of hydrogen-bond acceptors (Lipinski definition) is 3. The topological polar surface area (TPSA) is 38.9 Å². The average molecular weight is 248 g/mol. The fraction of sp³-hybridized carbons (Fsp3) is 0.786. The van der Waals surface area contributed by atoms with Gasteiger partial charge in [0, 0.05) is 10.8 Å². The summed E-state index contributed by atoms with van der Waals surface area (Å²) in [5.74, 6) is 2.94. The zero-order valence-electron chi connectivity index (χ0n) is 10.2. The highest BCUT2D eigenvalue weighted by Crippen LogP contribution is 2.58. The quantitative estimate of drug-likeness (QED) is 0.825. The molecule has 0 aromatic carbocycles.